The summed E-state index contributed by atoms with van der Waals surface area (Å²) in [4.78, 5) is 2.36. The van der Waals surface area contributed by atoms with Crippen LogP contribution in [0.25, 0.3) is 0 Å². The lowest BCUT2D eigenvalue weighted by atomic mass is 10.3. The molecule has 5 heteroatoms. The Morgan fingerprint density at radius 2 is 2.08 bits per heavy atom. The van der Waals surface area contributed by atoms with E-state index >= 15 is 0 Å². The van der Waals surface area contributed by atoms with E-state index in [4.69, 9.17) is 9.47 Å². The fraction of sp³-hybridized carbons (Fsp3) is 0.300. The number of thioether (sulfide) groups is 2. The van der Waals surface area contributed by atoms with Crippen molar-refractivity contribution in [2.75, 3.05) is 26.0 Å². The Hall–Kier alpha value is -1.56. The summed E-state index contributed by atoms with van der Waals surface area (Å²) in [7, 11) is 1.71. The third-order valence-corrected chi connectivity index (χ3v) is 6.18. The number of benzene rings is 2. The van der Waals surface area contributed by atoms with Gasteiger partial charge in [-0.3, -0.25) is 0 Å². The van der Waals surface area contributed by atoms with Crippen molar-refractivity contribution in [2.45, 2.75) is 22.8 Å². The zero-order chi connectivity index (χ0) is 17.5. The SMILES string of the molecule is COc1ccccc1S/C=C(\C)CNC1COc2ccccc2SC1. The number of para-hydroxylation sites is 2. The Kier molecular flexibility index (Phi) is 6.73. The van der Waals surface area contributed by atoms with E-state index in [-0.39, 0.29) is 0 Å². The van der Waals surface area contributed by atoms with Gasteiger partial charge in [-0.2, -0.15) is 0 Å². The monoisotopic (exact) mass is 373 g/mol. The van der Waals surface area contributed by atoms with Crippen molar-refractivity contribution in [3.63, 3.8) is 0 Å². The molecular formula is C20H23NO2S2. The second-order valence-corrected chi connectivity index (χ2v) is 7.85. The van der Waals surface area contributed by atoms with Crippen LogP contribution in [0.5, 0.6) is 11.5 Å². The van der Waals surface area contributed by atoms with Crippen molar-refractivity contribution < 1.29 is 9.47 Å². The summed E-state index contributed by atoms with van der Waals surface area (Å²) in [6.45, 7) is 3.71. The smallest absolute Gasteiger partial charge is 0.132 e. The highest BCUT2D eigenvalue weighted by atomic mass is 32.2. The van der Waals surface area contributed by atoms with E-state index in [0.29, 0.717) is 12.6 Å². The van der Waals surface area contributed by atoms with Crippen LogP contribution in [0, 0.1) is 0 Å². The Balaban J connectivity index is 1.50. The van der Waals surface area contributed by atoms with Gasteiger partial charge in [0.2, 0.25) is 0 Å². The molecule has 0 spiro atoms. The topological polar surface area (TPSA) is 30.5 Å². The van der Waals surface area contributed by atoms with E-state index in [2.05, 4.69) is 35.8 Å². The van der Waals surface area contributed by atoms with Crippen molar-refractivity contribution in [2.24, 2.45) is 0 Å². The van der Waals surface area contributed by atoms with E-state index in [9.17, 15) is 0 Å². The number of hydrogen-bond donors (Lipinski definition) is 1. The van der Waals surface area contributed by atoms with Gasteiger partial charge in [0.15, 0.2) is 0 Å². The molecule has 2 aromatic rings. The molecule has 0 radical (unpaired) electrons. The molecule has 1 atom stereocenters. The Bertz CT molecular complexity index is 706. The van der Waals surface area contributed by atoms with Gasteiger partial charge in [0, 0.05) is 17.2 Å². The van der Waals surface area contributed by atoms with E-state index < -0.39 is 0 Å². The Morgan fingerprint density at radius 1 is 1.28 bits per heavy atom. The number of methoxy groups -OCH3 is 1. The molecule has 1 unspecified atom stereocenters. The largest absolute Gasteiger partial charge is 0.496 e. The standard InChI is InChI=1S/C20H23NO2S2/c1-15(13-24-19-9-5-3-7-17(19)22-2)11-21-16-12-23-18-8-4-6-10-20(18)25-14-16/h3-10,13,16,21H,11-12,14H2,1-2H3/b15-13+. The minimum absolute atomic E-state index is 0.344. The third-order valence-electron chi connectivity index (χ3n) is 3.85. The molecule has 0 fully saturated rings. The highest BCUT2D eigenvalue weighted by Gasteiger charge is 2.16. The molecule has 3 nitrogen and oxygen atoms in total. The number of rotatable bonds is 6. The van der Waals surface area contributed by atoms with Gasteiger partial charge in [0.25, 0.3) is 0 Å². The van der Waals surface area contributed by atoms with Crippen molar-refractivity contribution >= 4 is 23.5 Å². The fourth-order valence-corrected chi connectivity index (χ4v) is 4.34. The van der Waals surface area contributed by atoms with Crippen LogP contribution < -0.4 is 14.8 Å². The highest BCUT2D eigenvalue weighted by Crippen LogP contribution is 2.32. The van der Waals surface area contributed by atoms with Crippen LogP contribution in [-0.4, -0.2) is 32.1 Å². The van der Waals surface area contributed by atoms with E-state index in [0.717, 1.165) is 28.7 Å². The fourth-order valence-electron chi connectivity index (χ4n) is 2.46. The van der Waals surface area contributed by atoms with Gasteiger partial charge in [0.05, 0.1) is 18.0 Å². The third kappa shape index (κ3) is 5.21. The van der Waals surface area contributed by atoms with E-state index in [1.165, 1.54) is 10.5 Å². The molecule has 0 saturated heterocycles. The molecule has 1 aliphatic heterocycles. The van der Waals surface area contributed by atoms with Gasteiger partial charge < -0.3 is 14.8 Å². The van der Waals surface area contributed by atoms with Crippen molar-refractivity contribution in [1.29, 1.82) is 0 Å². The molecule has 1 heterocycles. The average Bonchev–Trinajstić information content (AvgIpc) is 2.87. The summed E-state index contributed by atoms with van der Waals surface area (Å²) < 4.78 is 11.3. The maximum atomic E-state index is 5.93. The summed E-state index contributed by atoms with van der Waals surface area (Å²) >= 11 is 3.55. The molecule has 0 aliphatic carbocycles. The Morgan fingerprint density at radius 3 is 2.96 bits per heavy atom. The van der Waals surface area contributed by atoms with Crippen LogP contribution in [0.15, 0.2) is 69.3 Å². The van der Waals surface area contributed by atoms with Gasteiger partial charge in [-0.15, -0.1) is 11.8 Å². The first kappa shape index (κ1) is 18.2. The molecular weight excluding hydrogens is 350 g/mol. The first-order chi connectivity index (χ1) is 12.3. The predicted molar refractivity (Wildman–Crippen MR) is 107 cm³/mol. The normalized spacial score (nSPS) is 17.4. The summed E-state index contributed by atoms with van der Waals surface area (Å²) in [6.07, 6.45) is 0. The molecule has 0 bridgehead atoms. The van der Waals surface area contributed by atoms with Gasteiger partial charge >= 0.3 is 0 Å². The first-order valence-electron chi connectivity index (χ1n) is 8.29. The summed E-state index contributed by atoms with van der Waals surface area (Å²) in [5.41, 5.74) is 1.29. The summed E-state index contributed by atoms with van der Waals surface area (Å²) in [5, 5.41) is 5.79. The zero-order valence-electron chi connectivity index (χ0n) is 14.5. The van der Waals surface area contributed by atoms with Crippen LogP contribution in [0.2, 0.25) is 0 Å². The zero-order valence-corrected chi connectivity index (χ0v) is 16.2. The van der Waals surface area contributed by atoms with Gasteiger partial charge in [-0.1, -0.05) is 41.6 Å². The van der Waals surface area contributed by atoms with Crippen LogP contribution in [0.3, 0.4) is 0 Å². The number of fused-ring (bicyclic) bond motifs is 1. The Labute approximate surface area is 158 Å². The van der Waals surface area contributed by atoms with Crippen molar-refractivity contribution in [3.8, 4) is 11.5 Å². The van der Waals surface area contributed by atoms with E-state index in [1.807, 2.05) is 42.1 Å². The average molecular weight is 374 g/mol. The maximum absolute atomic E-state index is 5.93. The number of ether oxygens (including phenoxy) is 2. The predicted octanol–water partition coefficient (Wildman–Crippen LogP) is 4.83. The second-order valence-electron chi connectivity index (χ2n) is 5.88. The first-order valence-corrected chi connectivity index (χ1v) is 10.2. The molecule has 1 aliphatic rings. The lowest BCUT2D eigenvalue weighted by Gasteiger charge is -2.16. The van der Waals surface area contributed by atoms with E-state index in [1.54, 1.807) is 18.9 Å². The van der Waals surface area contributed by atoms with Gasteiger partial charge in [-0.25, -0.2) is 0 Å². The minimum Gasteiger partial charge on any atom is -0.496 e. The number of nitrogens with one attached hydrogen (secondary N) is 1. The molecule has 25 heavy (non-hydrogen) atoms. The molecule has 2 aromatic carbocycles. The van der Waals surface area contributed by atoms with Crippen LogP contribution in [-0.2, 0) is 0 Å². The van der Waals surface area contributed by atoms with Crippen molar-refractivity contribution in [1.82, 2.24) is 5.32 Å². The summed E-state index contributed by atoms with van der Waals surface area (Å²) in [6, 6.07) is 16.7. The van der Waals surface area contributed by atoms with Gasteiger partial charge in [0.1, 0.15) is 18.1 Å². The lowest BCUT2D eigenvalue weighted by molar-refractivity contribution is 0.276. The van der Waals surface area contributed by atoms with Gasteiger partial charge in [-0.05, 0) is 36.6 Å². The highest BCUT2D eigenvalue weighted by molar-refractivity contribution is 8.02. The molecule has 132 valence electrons. The lowest BCUT2D eigenvalue weighted by Crippen LogP contribution is -2.37. The summed E-state index contributed by atoms with van der Waals surface area (Å²) in [5.74, 6) is 2.93. The molecule has 0 aromatic heterocycles. The second kappa shape index (κ2) is 9.22. The minimum atomic E-state index is 0.344. The van der Waals surface area contributed by atoms with Crippen LogP contribution in [0.1, 0.15) is 6.92 Å². The maximum Gasteiger partial charge on any atom is 0.132 e. The van der Waals surface area contributed by atoms with Crippen LogP contribution in [0.4, 0.5) is 0 Å². The quantitative estimate of drug-likeness (QED) is 0.733. The molecule has 1 N–H and O–H groups in total. The van der Waals surface area contributed by atoms with Crippen molar-refractivity contribution in [3.05, 3.63) is 59.5 Å². The molecule has 0 saturated carbocycles. The molecule has 3 rings (SSSR count). The number of hydrogen-bond acceptors (Lipinski definition) is 5. The van der Waals surface area contributed by atoms with Crippen LogP contribution >= 0.6 is 23.5 Å². The molecule has 0 amide bonds.